The third kappa shape index (κ3) is 4.50. The molecule has 0 bridgehead atoms. The van der Waals surface area contributed by atoms with E-state index >= 15 is 0 Å². The van der Waals surface area contributed by atoms with Gasteiger partial charge in [-0.05, 0) is 55.7 Å². The SMILES string of the molecule is CCOc1ccc([C@@H]2C(C(C)=O)=C(O)C(=O)N2CCc2ccc(OC)c(OC)c2)cc1. The first kappa shape index (κ1) is 22.2. The molecule has 1 atom stereocenters. The monoisotopic (exact) mass is 425 g/mol. The summed E-state index contributed by atoms with van der Waals surface area (Å²) in [5.41, 5.74) is 1.78. The van der Waals surface area contributed by atoms with Crippen LogP contribution in [0.25, 0.3) is 0 Å². The molecule has 0 fully saturated rings. The van der Waals surface area contributed by atoms with E-state index < -0.39 is 17.7 Å². The van der Waals surface area contributed by atoms with Crippen molar-refractivity contribution in [3.63, 3.8) is 0 Å². The molecule has 1 heterocycles. The zero-order valence-corrected chi connectivity index (χ0v) is 18.2. The molecule has 31 heavy (non-hydrogen) atoms. The van der Waals surface area contributed by atoms with E-state index in [2.05, 4.69) is 0 Å². The molecule has 1 aliphatic heterocycles. The first-order chi connectivity index (χ1) is 14.9. The Kier molecular flexibility index (Phi) is 6.84. The van der Waals surface area contributed by atoms with E-state index in [-0.39, 0.29) is 11.4 Å². The Labute approximate surface area is 181 Å². The molecular formula is C24H27NO6. The van der Waals surface area contributed by atoms with Crippen LogP contribution in [0.15, 0.2) is 53.8 Å². The molecule has 0 saturated carbocycles. The number of hydrogen-bond acceptors (Lipinski definition) is 6. The van der Waals surface area contributed by atoms with Gasteiger partial charge in [0.2, 0.25) is 0 Å². The highest BCUT2D eigenvalue weighted by molar-refractivity contribution is 6.08. The second kappa shape index (κ2) is 9.55. The number of ether oxygens (including phenoxy) is 3. The van der Waals surface area contributed by atoms with Crippen LogP contribution in [-0.4, -0.2) is 49.1 Å². The summed E-state index contributed by atoms with van der Waals surface area (Å²) >= 11 is 0. The van der Waals surface area contributed by atoms with Crippen molar-refractivity contribution in [1.82, 2.24) is 4.90 Å². The van der Waals surface area contributed by atoms with Crippen molar-refractivity contribution in [1.29, 1.82) is 0 Å². The second-order valence-electron chi connectivity index (χ2n) is 7.16. The van der Waals surface area contributed by atoms with Crippen LogP contribution < -0.4 is 14.2 Å². The molecule has 0 spiro atoms. The van der Waals surface area contributed by atoms with Crippen LogP contribution in [0.1, 0.15) is 31.0 Å². The number of aliphatic hydroxyl groups excluding tert-OH is 1. The van der Waals surface area contributed by atoms with Gasteiger partial charge in [-0.15, -0.1) is 0 Å². The minimum absolute atomic E-state index is 0.112. The predicted octanol–water partition coefficient (Wildman–Crippen LogP) is 3.63. The van der Waals surface area contributed by atoms with Gasteiger partial charge in [0.05, 0.1) is 32.4 Å². The minimum Gasteiger partial charge on any atom is -0.503 e. The summed E-state index contributed by atoms with van der Waals surface area (Å²) in [7, 11) is 3.13. The van der Waals surface area contributed by atoms with Crippen LogP contribution >= 0.6 is 0 Å². The second-order valence-corrected chi connectivity index (χ2v) is 7.16. The number of hydrogen-bond donors (Lipinski definition) is 1. The Morgan fingerprint density at radius 2 is 1.74 bits per heavy atom. The predicted molar refractivity (Wildman–Crippen MR) is 116 cm³/mol. The maximum absolute atomic E-state index is 12.8. The molecular weight excluding hydrogens is 398 g/mol. The van der Waals surface area contributed by atoms with Crippen LogP contribution in [0.5, 0.6) is 17.2 Å². The summed E-state index contributed by atoms with van der Waals surface area (Å²) in [5, 5.41) is 10.4. The molecule has 0 radical (unpaired) electrons. The van der Waals surface area contributed by atoms with E-state index in [4.69, 9.17) is 14.2 Å². The number of ketones is 1. The summed E-state index contributed by atoms with van der Waals surface area (Å²) in [4.78, 5) is 26.6. The molecule has 0 aromatic heterocycles. The zero-order chi connectivity index (χ0) is 22.5. The Bertz CT molecular complexity index is 996. The van der Waals surface area contributed by atoms with Crippen LogP contribution in [0.3, 0.4) is 0 Å². The van der Waals surface area contributed by atoms with Crippen molar-refractivity contribution in [3.05, 3.63) is 64.9 Å². The fourth-order valence-corrected chi connectivity index (χ4v) is 3.79. The number of carbonyl (C=O) groups is 2. The van der Waals surface area contributed by atoms with E-state index in [1.165, 1.54) is 11.8 Å². The third-order valence-corrected chi connectivity index (χ3v) is 5.28. The van der Waals surface area contributed by atoms with Crippen LogP contribution in [-0.2, 0) is 16.0 Å². The summed E-state index contributed by atoms with van der Waals surface area (Å²) in [6, 6.07) is 12.1. The van der Waals surface area contributed by atoms with Gasteiger partial charge in [0.15, 0.2) is 23.0 Å². The van der Waals surface area contributed by atoms with E-state index in [0.29, 0.717) is 36.8 Å². The normalized spacial score (nSPS) is 15.9. The summed E-state index contributed by atoms with van der Waals surface area (Å²) in [5.74, 6) is 0.543. The molecule has 164 valence electrons. The van der Waals surface area contributed by atoms with Crippen LogP contribution in [0.2, 0.25) is 0 Å². The summed E-state index contributed by atoms with van der Waals surface area (Å²) in [6.07, 6.45) is 0.512. The Balaban J connectivity index is 1.88. The number of nitrogens with zero attached hydrogens (tertiary/aromatic N) is 1. The van der Waals surface area contributed by atoms with Gasteiger partial charge in [0.25, 0.3) is 5.91 Å². The number of benzene rings is 2. The Morgan fingerprint density at radius 3 is 2.32 bits per heavy atom. The van der Waals surface area contributed by atoms with Crippen molar-refractivity contribution < 1.29 is 28.9 Å². The van der Waals surface area contributed by atoms with Gasteiger partial charge >= 0.3 is 0 Å². The molecule has 0 unspecified atom stereocenters. The smallest absolute Gasteiger partial charge is 0.290 e. The molecule has 2 aromatic carbocycles. The number of methoxy groups -OCH3 is 2. The highest BCUT2D eigenvalue weighted by Gasteiger charge is 2.42. The molecule has 2 aromatic rings. The molecule has 3 rings (SSSR count). The number of amides is 1. The topological polar surface area (TPSA) is 85.3 Å². The average Bonchev–Trinajstić information content (AvgIpc) is 3.03. The van der Waals surface area contributed by atoms with Crippen molar-refractivity contribution in [2.24, 2.45) is 0 Å². The van der Waals surface area contributed by atoms with Gasteiger partial charge in [-0.1, -0.05) is 18.2 Å². The molecule has 0 aliphatic carbocycles. The van der Waals surface area contributed by atoms with E-state index in [9.17, 15) is 14.7 Å². The molecule has 7 nitrogen and oxygen atoms in total. The largest absolute Gasteiger partial charge is 0.503 e. The van der Waals surface area contributed by atoms with Crippen LogP contribution in [0.4, 0.5) is 0 Å². The average molecular weight is 425 g/mol. The summed E-state index contributed by atoms with van der Waals surface area (Å²) in [6.45, 7) is 4.11. The van der Waals surface area contributed by atoms with Crippen LogP contribution in [0, 0.1) is 0 Å². The van der Waals surface area contributed by atoms with Crippen molar-refractivity contribution in [2.75, 3.05) is 27.4 Å². The highest BCUT2D eigenvalue weighted by Crippen LogP contribution is 2.38. The fourth-order valence-electron chi connectivity index (χ4n) is 3.79. The minimum atomic E-state index is -0.652. The highest BCUT2D eigenvalue weighted by atomic mass is 16.5. The van der Waals surface area contributed by atoms with E-state index in [1.807, 2.05) is 31.2 Å². The molecule has 7 heteroatoms. The van der Waals surface area contributed by atoms with Gasteiger partial charge in [0.1, 0.15) is 5.75 Å². The first-order valence-electron chi connectivity index (χ1n) is 10.1. The standard InChI is InChI=1S/C24H27NO6/c1-5-31-18-9-7-17(8-10-18)22-21(15(2)26)23(27)24(28)25(22)13-12-16-6-11-19(29-3)20(14-16)30-4/h6-11,14,22,27H,5,12-13H2,1-4H3/t22-/m1/s1. The Hall–Kier alpha value is -3.48. The lowest BCUT2D eigenvalue weighted by Gasteiger charge is -2.27. The lowest BCUT2D eigenvalue weighted by atomic mass is 9.96. The first-order valence-corrected chi connectivity index (χ1v) is 10.1. The number of carbonyl (C=O) groups excluding carboxylic acids is 2. The van der Waals surface area contributed by atoms with Gasteiger partial charge in [0, 0.05) is 6.54 Å². The van der Waals surface area contributed by atoms with E-state index in [0.717, 1.165) is 11.1 Å². The molecule has 1 amide bonds. The van der Waals surface area contributed by atoms with Gasteiger partial charge in [-0.2, -0.15) is 0 Å². The van der Waals surface area contributed by atoms with Crippen molar-refractivity contribution >= 4 is 11.7 Å². The number of Topliss-reactive ketones (excluding diaryl/α,β-unsaturated/α-hetero) is 1. The zero-order valence-electron chi connectivity index (χ0n) is 18.2. The number of aliphatic hydroxyl groups is 1. The lowest BCUT2D eigenvalue weighted by Crippen LogP contribution is -2.32. The summed E-state index contributed by atoms with van der Waals surface area (Å²) < 4.78 is 16.1. The van der Waals surface area contributed by atoms with Gasteiger partial charge in [-0.25, -0.2) is 0 Å². The van der Waals surface area contributed by atoms with E-state index in [1.54, 1.807) is 32.4 Å². The fraction of sp³-hybridized carbons (Fsp3) is 0.333. The van der Waals surface area contributed by atoms with Crippen molar-refractivity contribution in [2.45, 2.75) is 26.3 Å². The third-order valence-electron chi connectivity index (χ3n) is 5.28. The molecule has 1 N–H and O–H groups in total. The van der Waals surface area contributed by atoms with Gasteiger partial charge < -0.3 is 24.2 Å². The van der Waals surface area contributed by atoms with Crippen molar-refractivity contribution in [3.8, 4) is 17.2 Å². The maximum atomic E-state index is 12.8. The maximum Gasteiger partial charge on any atom is 0.290 e. The number of rotatable bonds is 9. The lowest BCUT2D eigenvalue weighted by molar-refractivity contribution is -0.129. The quantitative estimate of drug-likeness (QED) is 0.660. The molecule has 1 aliphatic rings. The van der Waals surface area contributed by atoms with Gasteiger partial charge in [-0.3, -0.25) is 9.59 Å². The molecule has 0 saturated heterocycles. The Morgan fingerprint density at radius 1 is 1.06 bits per heavy atom.